The van der Waals surface area contributed by atoms with Gasteiger partial charge in [-0.2, -0.15) is 0 Å². The van der Waals surface area contributed by atoms with E-state index in [2.05, 4.69) is 15.2 Å². The van der Waals surface area contributed by atoms with Crippen molar-refractivity contribution in [3.63, 3.8) is 0 Å². The zero-order chi connectivity index (χ0) is 14.8. The summed E-state index contributed by atoms with van der Waals surface area (Å²) in [5, 5.41) is 6.34. The third-order valence-electron chi connectivity index (χ3n) is 4.79. The Bertz CT molecular complexity index is 517. The molecular weight excluding hydrogens is 264 g/mol. The van der Waals surface area contributed by atoms with Crippen molar-refractivity contribution in [2.24, 2.45) is 0 Å². The maximum atomic E-state index is 12.3. The molecule has 1 atom stereocenters. The first-order valence-electron chi connectivity index (χ1n) is 8.30. The fourth-order valence-electron chi connectivity index (χ4n) is 3.70. The summed E-state index contributed by atoms with van der Waals surface area (Å²) in [6.07, 6.45) is 5.97. The Morgan fingerprint density at radius 2 is 2.24 bits per heavy atom. The van der Waals surface area contributed by atoms with Crippen LogP contribution in [-0.4, -0.2) is 28.5 Å². The van der Waals surface area contributed by atoms with Crippen LogP contribution in [0.1, 0.15) is 68.7 Å². The number of nitrogens with one attached hydrogen (secondary N) is 2. The molecule has 0 saturated heterocycles. The number of carbonyl (C=O) groups is 1. The first kappa shape index (κ1) is 14.6. The fraction of sp³-hybridized carbons (Fsp3) is 0.750. The van der Waals surface area contributed by atoms with Crippen molar-refractivity contribution in [3.05, 3.63) is 17.2 Å². The van der Waals surface area contributed by atoms with Gasteiger partial charge in [-0.3, -0.25) is 4.79 Å². The van der Waals surface area contributed by atoms with Gasteiger partial charge in [-0.1, -0.05) is 12.8 Å². The van der Waals surface area contributed by atoms with Gasteiger partial charge in [0.05, 0.1) is 5.69 Å². The molecule has 0 spiro atoms. The van der Waals surface area contributed by atoms with Gasteiger partial charge in [0.15, 0.2) is 0 Å². The van der Waals surface area contributed by atoms with Crippen molar-refractivity contribution in [2.45, 2.75) is 64.5 Å². The summed E-state index contributed by atoms with van der Waals surface area (Å²) in [6.45, 7) is 6.47. The van der Waals surface area contributed by atoms with Gasteiger partial charge in [0.25, 0.3) is 0 Å². The van der Waals surface area contributed by atoms with Crippen LogP contribution in [-0.2, 0) is 17.8 Å². The summed E-state index contributed by atoms with van der Waals surface area (Å²) in [5.41, 5.74) is 2.42. The van der Waals surface area contributed by atoms with Crippen molar-refractivity contribution in [1.82, 2.24) is 20.2 Å². The van der Waals surface area contributed by atoms with E-state index in [1.165, 1.54) is 31.4 Å². The minimum Gasteiger partial charge on any atom is -0.355 e. The third kappa shape index (κ3) is 2.71. The maximum Gasteiger partial charge on any atom is 0.242 e. The van der Waals surface area contributed by atoms with Crippen LogP contribution in [0.25, 0.3) is 0 Å². The smallest absolute Gasteiger partial charge is 0.242 e. The number of imidazole rings is 1. The van der Waals surface area contributed by atoms with E-state index in [0.717, 1.165) is 31.0 Å². The summed E-state index contributed by atoms with van der Waals surface area (Å²) in [7, 11) is 0. The molecule has 0 bridgehead atoms. The van der Waals surface area contributed by atoms with E-state index >= 15 is 0 Å². The molecule has 2 aliphatic rings. The van der Waals surface area contributed by atoms with Crippen LogP contribution in [0.2, 0.25) is 0 Å². The molecule has 3 rings (SSSR count). The minimum atomic E-state index is -0.157. The van der Waals surface area contributed by atoms with Crippen LogP contribution in [0, 0.1) is 0 Å². The van der Waals surface area contributed by atoms with Gasteiger partial charge in [-0.05, 0) is 26.7 Å². The summed E-state index contributed by atoms with van der Waals surface area (Å²) in [6, 6.07) is -0.157. The lowest BCUT2D eigenvalue weighted by atomic mass is 10.1. The number of nitrogens with zero attached hydrogens (tertiary/aromatic N) is 2. The Balaban J connectivity index is 1.98. The lowest BCUT2D eigenvalue weighted by molar-refractivity contribution is -0.123. The molecule has 5 nitrogen and oxygen atoms in total. The van der Waals surface area contributed by atoms with Gasteiger partial charge in [-0.25, -0.2) is 4.98 Å². The Labute approximate surface area is 126 Å². The predicted molar refractivity (Wildman–Crippen MR) is 82.2 cm³/mol. The fourth-order valence-corrected chi connectivity index (χ4v) is 3.70. The number of amides is 1. The topological polar surface area (TPSA) is 59.0 Å². The molecular formula is C16H26N4O. The van der Waals surface area contributed by atoms with Crippen LogP contribution in [0.5, 0.6) is 0 Å². The molecule has 1 aromatic heterocycles. The zero-order valence-electron chi connectivity index (χ0n) is 13.1. The molecule has 1 aliphatic heterocycles. The van der Waals surface area contributed by atoms with Crippen molar-refractivity contribution in [2.75, 3.05) is 13.1 Å². The standard InChI is InChI=1S/C16H26N4O/c1-3-18-16(21)11(2)20-14-8-9-17-10-13(14)19-15(20)12-6-4-5-7-12/h11-12,17H,3-10H2,1-2H3,(H,18,21). The summed E-state index contributed by atoms with van der Waals surface area (Å²) in [4.78, 5) is 17.2. The highest BCUT2D eigenvalue weighted by atomic mass is 16.2. The van der Waals surface area contributed by atoms with E-state index in [4.69, 9.17) is 4.98 Å². The number of likely N-dealkylation sites (N-methyl/N-ethyl adjacent to an activating group) is 1. The Hall–Kier alpha value is -1.36. The average molecular weight is 290 g/mol. The summed E-state index contributed by atoms with van der Waals surface area (Å²) in [5.74, 6) is 1.79. The molecule has 1 aromatic rings. The number of rotatable bonds is 4. The predicted octanol–water partition coefficient (Wildman–Crippen LogP) is 1.88. The van der Waals surface area contributed by atoms with E-state index in [-0.39, 0.29) is 11.9 Å². The lowest BCUT2D eigenvalue weighted by Crippen LogP contribution is -2.34. The van der Waals surface area contributed by atoms with Gasteiger partial charge in [0.1, 0.15) is 11.9 Å². The number of aromatic nitrogens is 2. The van der Waals surface area contributed by atoms with Gasteiger partial charge < -0.3 is 15.2 Å². The molecule has 1 unspecified atom stereocenters. The Kier molecular flexibility index (Phi) is 4.29. The molecule has 116 valence electrons. The highest BCUT2D eigenvalue weighted by molar-refractivity contribution is 5.80. The van der Waals surface area contributed by atoms with E-state index in [1.807, 2.05) is 13.8 Å². The third-order valence-corrected chi connectivity index (χ3v) is 4.79. The molecule has 0 aromatic carbocycles. The van der Waals surface area contributed by atoms with Crippen LogP contribution in [0.3, 0.4) is 0 Å². The second kappa shape index (κ2) is 6.18. The number of carbonyl (C=O) groups excluding carboxylic acids is 1. The Morgan fingerprint density at radius 1 is 1.48 bits per heavy atom. The highest BCUT2D eigenvalue weighted by Crippen LogP contribution is 2.36. The number of hydrogen-bond donors (Lipinski definition) is 2. The van der Waals surface area contributed by atoms with Gasteiger partial charge in [0, 0.05) is 37.7 Å². The van der Waals surface area contributed by atoms with Crippen LogP contribution in [0.15, 0.2) is 0 Å². The van der Waals surface area contributed by atoms with Gasteiger partial charge in [-0.15, -0.1) is 0 Å². The quantitative estimate of drug-likeness (QED) is 0.890. The Morgan fingerprint density at radius 3 is 2.95 bits per heavy atom. The van der Waals surface area contributed by atoms with Gasteiger partial charge in [0.2, 0.25) is 5.91 Å². The molecule has 1 aliphatic carbocycles. The van der Waals surface area contributed by atoms with E-state index in [9.17, 15) is 4.79 Å². The first-order valence-corrected chi connectivity index (χ1v) is 8.30. The largest absolute Gasteiger partial charge is 0.355 e. The molecule has 2 heterocycles. The molecule has 1 amide bonds. The normalized spacial score (nSPS) is 20.3. The molecule has 1 saturated carbocycles. The number of hydrogen-bond acceptors (Lipinski definition) is 3. The molecule has 5 heteroatoms. The second-order valence-corrected chi connectivity index (χ2v) is 6.21. The monoisotopic (exact) mass is 290 g/mol. The summed E-state index contributed by atoms with van der Waals surface area (Å²) < 4.78 is 2.25. The van der Waals surface area contributed by atoms with E-state index in [0.29, 0.717) is 12.5 Å². The van der Waals surface area contributed by atoms with Crippen molar-refractivity contribution in [1.29, 1.82) is 0 Å². The maximum absolute atomic E-state index is 12.3. The lowest BCUT2D eigenvalue weighted by Gasteiger charge is -2.22. The first-order chi connectivity index (χ1) is 10.2. The van der Waals surface area contributed by atoms with Crippen LogP contribution in [0.4, 0.5) is 0 Å². The van der Waals surface area contributed by atoms with E-state index < -0.39 is 0 Å². The second-order valence-electron chi connectivity index (χ2n) is 6.21. The van der Waals surface area contributed by atoms with Crippen molar-refractivity contribution in [3.8, 4) is 0 Å². The summed E-state index contributed by atoms with van der Waals surface area (Å²) >= 11 is 0. The van der Waals surface area contributed by atoms with E-state index in [1.54, 1.807) is 0 Å². The molecule has 2 N–H and O–H groups in total. The highest BCUT2D eigenvalue weighted by Gasteiger charge is 2.30. The molecule has 1 fully saturated rings. The van der Waals surface area contributed by atoms with Crippen LogP contribution < -0.4 is 10.6 Å². The van der Waals surface area contributed by atoms with Crippen molar-refractivity contribution < 1.29 is 4.79 Å². The zero-order valence-corrected chi connectivity index (χ0v) is 13.1. The van der Waals surface area contributed by atoms with Crippen LogP contribution >= 0.6 is 0 Å². The average Bonchev–Trinajstić information content (AvgIpc) is 3.13. The van der Waals surface area contributed by atoms with Gasteiger partial charge >= 0.3 is 0 Å². The number of fused-ring (bicyclic) bond motifs is 1. The molecule has 0 radical (unpaired) electrons. The van der Waals surface area contributed by atoms with Crippen molar-refractivity contribution >= 4 is 5.91 Å². The SMILES string of the molecule is CCNC(=O)C(C)n1c(C2CCCC2)nc2c1CCNC2. The minimum absolute atomic E-state index is 0.107. The molecule has 21 heavy (non-hydrogen) atoms.